The highest BCUT2D eigenvalue weighted by molar-refractivity contribution is 7.95. The smallest absolute Gasteiger partial charge is 0.334 e. The standard InChI is InChI=1S/C28H34O3PSi.BrH/c1-23(2)30-28(29)21-24(31-33(3,4)5)22-32(25-15-9-6-10-16-25,26-17-11-7-12-18-26)27-19-13-8-14-20-27;/h6-21,23H,22H2,1-5H3;1H/q+1;/p-1/b24-21+;. The molecule has 0 atom stereocenters. The largest absolute Gasteiger partial charge is 1.00 e. The highest BCUT2D eigenvalue weighted by atomic mass is 79.9. The van der Waals surface area contributed by atoms with Crippen LogP contribution in [0, 0.1) is 0 Å². The van der Waals surface area contributed by atoms with E-state index >= 15 is 0 Å². The molecule has 180 valence electrons. The van der Waals surface area contributed by atoms with E-state index in [-0.39, 0.29) is 29.1 Å². The summed E-state index contributed by atoms with van der Waals surface area (Å²) in [6, 6.07) is 31.9. The van der Waals surface area contributed by atoms with E-state index in [2.05, 4.69) is 92.4 Å². The Morgan fingerprint density at radius 3 is 1.50 bits per heavy atom. The van der Waals surface area contributed by atoms with Gasteiger partial charge in [0.1, 0.15) is 35.1 Å². The number of carbonyl (C=O) groups excluding carboxylic acids is 1. The summed E-state index contributed by atoms with van der Waals surface area (Å²) in [6.07, 6.45) is 2.00. The molecular formula is C28H34BrO3PSi. The maximum absolute atomic E-state index is 12.7. The molecule has 0 radical (unpaired) electrons. The molecular weight excluding hydrogens is 523 g/mol. The quantitative estimate of drug-likeness (QED) is 0.134. The maximum atomic E-state index is 12.7. The van der Waals surface area contributed by atoms with Crippen LogP contribution in [0.25, 0.3) is 0 Å². The fourth-order valence-electron chi connectivity index (χ4n) is 3.90. The lowest BCUT2D eigenvalue weighted by Gasteiger charge is -2.30. The van der Waals surface area contributed by atoms with Gasteiger partial charge in [-0.2, -0.15) is 0 Å². The first-order chi connectivity index (χ1) is 15.7. The number of carbonyl (C=O) groups is 1. The maximum Gasteiger partial charge on any atom is 0.334 e. The van der Waals surface area contributed by atoms with Gasteiger partial charge in [0.2, 0.25) is 8.32 Å². The van der Waals surface area contributed by atoms with Crippen LogP contribution in [-0.4, -0.2) is 26.6 Å². The van der Waals surface area contributed by atoms with Crippen molar-refractivity contribution in [1.29, 1.82) is 0 Å². The van der Waals surface area contributed by atoms with E-state index in [1.54, 1.807) is 6.08 Å². The topological polar surface area (TPSA) is 35.5 Å². The average molecular weight is 558 g/mol. The van der Waals surface area contributed by atoms with Gasteiger partial charge >= 0.3 is 5.97 Å². The monoisotopic (exact) mass is 556 g/mol. The van der Waals surface area contributed by atoms with Crippen molar-refractivity contribution >= 4 is 37.5 Å². The highest BCUT2D eigenvalue weighted by Gasteiger charge is 2.47. The molecule has 0 heterocycles. The number of benzene rings is 3. The molecule has 0 saturated heterocycles. The summed E-state index contributed by atoms with van der Waals surface area (Å²) in [4.78, 5) is 12.7. The van der Waals surface area contributed by atoms with Crippen molar-refractivity contribution < 1.29 is 30.9 Å². The zero-order valence-corrected chi connectivity index (χ0v) is 24.1. The molecule has 34 heavy (non-hydrogen) atoms. The molecule has 0 spiro atoms. The van der Waals surface area contributed by atoms with Gasteiger partial charge in [-0.1, -0.05) is 54.6 Å². The van der Waals surface area contributed by atoms with Crippen molar-refractivity contribution in [3.63, 3.8) is 0 Å². The minimum atomic E-state index is -2.16. The molecule has 3 rings (SSSR count). The van der Waals surface area contributed by atoms with Gasteiger partial charge in [0.15, 0.2) is 0 Å². The number of hydrogen-bond donors (Lipinski definition) is 0. The molecule has 0 aliphatic rings. The predicted octanol–water partition coefficient (Wildman–Crippen LogP) is 2.67. The zero-order valence-electron chi connectivity index (χ0n) is 20.6. The third-order valence-corrected chi connectivity index (χ3v) is 10.3. The summed E-state index contributed by atoms with van der Waals surface area (Å²) in [5.41, 5.74) is 0. The summed E-state index contributed by atoms with van der Waals surface area (Å²) in [6.45, 7) is 10.1. The molecule has 3 aromatic rings. The van der Waals surface area contributed by atoms with Gasteiger partial charge in [-0.05, 0) is 69.9 Å². The van der Waals surface area contributed by atoms with Gasteiger partial charge in [0, 0.05) is 0 Å². The Balaban J connectivity index is 0.00000408. The number of allylic oxidation sites excluding steroid dienone is 1. The number of rotatable bonds is 9. The summed E-state index contributed by atoms with van der Waals surface area (Å²) in [7, 11) is -4.15. The van der Waals surface area contributed by atoms with Crippen LogP contribution in [0.2, 0.25) is 19.6 Å². The van der Waals surface area contributed by atoms with Crippen molar-refractivity contribution in [3.05, 3.63) is 103 Å². The van der Waals surface area contributed by atoms with Crippen LogP contribution in [-0.2, 0) is 14.0 Å². The summed E-state index contributed by atoms with van der Waals surface area (Å²) >= 11 is 0. The van der Waals surface area contributed by atoms with E-state index in [4.69, 9.17) is 9.16 Å². The Kier molecular flexibility index (Phi) is 10.3. The average Bonchev–Trinajstić information content (AvgIpc) is 2.77. The van der Waals surface area contributed by atoms with Crippen molar-refractivity contribution in [2.24, 2.45) is 0 Å². The molecule has 0 aliphatic carbocycles. The number of halogens is 1. The fourth-order valence-corrected chi connectivity index (χ4v) is 9.05. The van der Waals surface area contributed by atoms with Crippen LogP contribution in [0.3, 0.4) is 0 Å². The molecule has 0 N–H and O–H groups in total. The Hall–Kier alpha value is -2.20. The van der Waals surface area contributed by atoms with E-state index in [0.717, 1.165) is 0 Å². The predicted molar refractivity (Wildman–Crippen MR) is 144 cm³/mol. The van der Waals surface area contributed by atoms with Crippen LogP contribution >= 0.6 is 7.26 Å². The van der Waals surface area contributed by atoms with Crippen molar-refractivity contribution in [1.82, 2.24) is 0 Å². The second kappa shape index (κ2) is 12.5. The van der Waals surface area contributed by atoms with Crippen LogP contribution in [0.5, 0.6) is 0 Å². The van der Waals surface area contributed by atoms with Gasteiger partial charge in [-0.25, -0.2) is 4.79 Å². The second-order valence-electron chi connectivity index (χ2n) is 9.29. The van der Waals surface area contributed by atoms with Crippen molar-refractivity contribution in [2.75, 3.05) is 6.16 Å². The van der Waals surface area contributed by atoms with Gasteiger partial charge < -0.3 is 26.1 Å². The summed E-state index contributed by atoms with van der Waals surface area (Å²) in [5, 5.41) is 3.76. The lowest BCUT2D eigenvalue weighted by atomic mass is 10.3. The molecule has 0 bridgehead atoms. The van der Waals surface area contributed by atoms with E-state index in [9.17, 15) is 4.79 Å². The lowest BCUT2D eigenvalue weighted by molar-refractivity contribution is -0.141. The Morgan fingerprint density at radius 1 is 0.794 bits per heavy atom. The molecule has 3 aromatic carbocycles. The molecule has 0 aliphatic heterocycles. The number of ether oxygens (including phenoxy) is 1. The highest BCUT2D eigenvalue weighted by Crippen LogP contribution is 2.56. The van der Waals surface area contributed by atoms with Crippen LogP contribution < -0.4 is 32.9 Å². The van der Waals surface area contributed by atoms with E-state index in [1.165, 1.54) is 15.9 Å². The molecule has 0 unspecified atom stereocenters. The normalized spacial score (nSPS) is 12.1. The van der Waals surface area contributed by atoms with Crippen molar-refractivity contribution in [2.45, 2.75) is 39.6 Å². The Labute approximate surface area is 216 Å². The molecule has 0 fully saturated rings. The third kappa shape index (κ3) is 7.40. The Morgan fingerprint density at radius 2 is 1.18 bits per heavy atom. The Bertz CT molecular complexity index is 968. The van der Waals surface area contributed by atoms with E-state index in [0.29, 0.717) is 11.9 Å². The first kappa shape index (κ1) is 28.0. The van der Waals surface area contributed by atoms with Crippen LogP contribution in [0.1, 0.15) is 13.8 Å². The summed E-state index contributed by atoms with van der Waals surface area (Å²) < 4.78 is 12.0. The molecule has 3 nitrogen and oxygen atoms in total. The van der Waals surface area contributed by atoms with E-state index < -0.39 is 15.6 Å². The zero-order chi connectivity index (χ0) is 23.9. The van der Waals surface area contributed by atoms with Gasteiger partial charge in [0.05, 0.1) is 12.2 Å². The van der Waals surface area contributed by atoms with Gasteiger partial charge in [-0.15, -0.1) is 0 Å². The fraction of sp³-hybridized carbons (Fsp3) is 0.250. The number of esters is 1. The first-order valence-corrected chi connectivity index (χ1v) is 16.7. The SMILES string of the molecule is CC(C)OC(=O)/C=C(\C[P+](c1ccccc1)(c1ccccc1)c1ccccc1)O[Si](C)(C)C.[Br-]. The van der Waals surface area contributed by atoms with E-state index in [1.807, 2.05) is 32.0 Å². The minimum Gasteiger partial charge on any atom is -1.00 e. The molecule has 0 saturated carbocycles. The van der Waals surface area contributed by atoms with Crippen LogP contribution in [0.15, 0.2) is 103 Å². The van der Waals surface area contributed by atoms with Gasteiger partial charge in [-0.3, -0.25) is 0 Å². The summed E-state index contributed by atoms with van der Waals surface area (Å²) in [5.74, 6) is 0.343. The van der Waals surface area contributed by atoms with Gasteiger partial charge in [0.25, 0.3) is 0 Å². The second-order valence-corrected chi connectivity index (χ2v) is 17.2. The molecule has 0 amide bonds. The third-order valence-electron chi connectivity index (χ3n) is 5.05. The van der Waals surface area contributed by atoms with Crippen LogP contribution in [0.4, 0.5) is 0 Å². The first-order valence-electron chi connectivity index (χ1n) is 11.4. The minimum absolute atomic E-state index is 0. The lowest BCUT2D eigenvalue weighted by Crippen LogP contribution is -3.00. The molecule has 0 aromatic heterocycles. The van der Waals surface area contributed by atoms with Crippen molar-refractivity contribution in [3.8, 4) is 0 Å². The number of hydrogen-bond acceptors (Lipinski definition) is 3. The molecule has 6 heteroatoms.